The Labute approximate surface area is 90.6 Å². The molecule has 1 aliphatic heterocycles. The number of ether oxygens (including phenoxy) is 1. The van der Waals surface area contributed by atoms with Gasteiger partial charge >= 0.3 is 0 Å². The second-order valence-corrected chi connectivity index (χ2v) is 3.70. The van der Waals surface area contributed by atoms with E-state index in [-0.39, 0.29) is 6.29 Å². The Hall–Kier alpha value is -0.900. The molecule has 2 atom stereocenters. The predicted molar refractivity (Wildman–Crippen MR) is 58.1 cm³/mol. The van der Waals surface area contributed by atoms with Crippen molar-refractivity contribution in [3.8, 4) is 0 Å². The topological polar surface area (TPSA) is 21.7 Å². The van der Waals surface area contributed by atoms with Crippen molar-refractivity contribution in [3.05, 3.63) is 35.9 Å². The Morgan fingerprint density at radius 3 is 2.80 bits per heavy atom. The van der Waals surface area contributed by atoms with Crippen molar-refractivity contribution < 1.29 is 9.57 Å². The van der Waals surface area contributed by atoms with E-state index in [0.29, 0.717) is 12.6 Å². The molecule has 0 aromatic heterocycles. The lowest BCUT2D eigenvalue weighted by Gasteiger charge is -2.16. The average molecular weight is 207 g/mol. The van der Waals surface area contributed by atoms with Crippen LogP contribution in [0.15, 0.2) is 30.3 Å². The Balaban J connectivity index is 2.05. The molecule has 2 unspecified atom stereocenters. The van der Waals surface area contributed by atoms with E-state index in [9.17, 15) is 0 Å². The normalized spacial score (nSPS) is 27.1. The molecule has 0 amide bonds. The van der Waals surface area contributed by atoms with Gasteiger partial charge in [-0.15, -0.1) is 0 Å². The van der Waals surface area contributed by atoms with E-state index in [4.69, 9.17) is 9.57 Å². The van der Waals surface area contributed by atoms with Crippen molar-refractivity contribution >= 4 is 0 Å². The van der Waals surface area contributed by atoms with Crippen molar-refractivity contribution in [1.82, 2.24) is 5.06 Å². The summed E-state index contributed by atoms with van der Waals surface area (Å²) in [5.41, 5.74) is 1.28. The Kier molecular flexibility index (Phi) is 3.36. The zero-order valence-corrected chi connectivity index (χ0v) is 9.22. The summed E-state index contributed by atoms with van der Waals surface area (Å²) in [5, 5.41) is 1.88. The van der Waals surface area contributed by atoms with Crippen LogP contribution in [0.5, 0.6) is 0 Å². The van der Waals surface area contributed by atoms with Crippen LogP contribution in [0.1, 0.15) is 24.9 Å². The van der Waals surface area contributed by atoms with Crippen molar-refractivity contribution in [3.63, 3.8) is 0 Å². The monoisotopic (exact) mass is 207 g/mol. The maximum Gasteiger partial charge on any atom is 0.179 e. The molecule has 0 N–H and O–H groups in total. The molecule has 2 rings (SSSR count). The minimum Gasteiger partial charge on any atom is -0.351 e. The lowest BCUT2D eigenvalue weighted by Crippen LogP contribution is -2.17. The number of hydroxylamine groups is 2. The standard InChI is InChI=1S/C12H17NO2/c1-3-14-12-9-11(13(2)15-12)10-7-5-4-6-8-10/h4-8,11-12H,3,9H2,1-2H3. The summed E-state index contributed by atoms with van der Waals surface area (Å²) in [6.45, 7) is 2.68. The van der Waals surface area contributed by atoms with E-state index in [0.717, 1.165) is 6.42 Å². The average Bonchev–Trinajstić information content (AvgIpc) is 2.61. The highest BCUT2D eigenvalue weighted by atomic mass is 16.8. The molecule has 1 aliphatic rings. The summed E-state index contributed by atoms with van der Waals surface area (Å²) in [5.74, 6) is 0. The van der Waals surface area contributed by atoms with E-state index < -0.39 is 0 Å². The molecule has 1 fully saturated rings. The van der Waals surface area contributed by atoms with Crippen LogP contribution in [0, 0.1) is 0 Å². The summed E-state index contributed by atoms with van der Waals surface area (Å²) in [6, 6.07) is 10.7. The molecule has 3 nitrogen and oxygen atoms in total. The third-order valence-electron chi connectivity index (χ3n) is 2.68. The smallest absolute Gasteiger partial charge is 0.179 e. The molecule has 1 heterocycles. The summed E-state index contributed by atoms with van der Waals surface area (Å²) < 4.78 is 5.46. The van der Waals surface area contributed by atoms with Gasteiger partial charge in [0, 0.05) is 20.1 Å². The van der Waals surface area contributed by atoms with Crippen LogP contribution in [0.3, 0.4) is 0 Å². The molecule has 1 aromatic carbocycles. The highest BCUT2D eigenvalue weighted by Crippen LogP contribution is 2.32. The summed E-state index contributed by atoms with van der Waals surface area (Å²) >= 11 is 0. The number of hydrogen-bond acceptors (Lipinski definition) is 3. The molecular weight excluding hydrogens is 190 g/mol. The number of rotatable bonds is 3. The lowest BCUT2D eigenvalue weighted by molar-refractivity contribution is -0.227. The zero-order valence-electron chi connectivity index (χ0n) is 9.22. The van der Waals surface area contributed by atoms with E-state index in [2.05, 4.69) is 24.3 Å². The van der Waals surface area contributed by atoms with Crippen molar-refractivity contribution in [2.24, 2.45) is 0 Å². The summed E-state index contributed by atoms with van der Waals surface area (Å²) in [6.07, 6.45) is 0.805. The third kappa shape index (κ3) is 2.37. The Bertz CT molecular complexity index is 302. The molecule has 0 spiro atoms. The fraction of sp³-hybridized carbons (Fsp3) is 0.500. The van der Waals surface area contributed by atoms with Crippen LogP contribution in [0.2, 0.25) is 0 Å². The van der Waals surface area contributed by atoms with Crippen LogP contribution in [-0.4, -0.2) is 25.0 Å². The van der Waals surface area contributed by atoms with Gasteiger partial charge in [-0.25, -0.2) is 0 Å². The van der Waals surface area contributed by atoms with Gasteiger partial charge in [0.2, 0.25) is 0 Å². The SMILES string of the molecule is CCOC1CC(c2ccccc2)N(C)O1. The second kappa shape index (κ2) is 4.75. The Morgan fingerprint density at radius 1 is 1.40 bits per heavy atom. The van der Waals surface area contributed by atoms with Crippen molar-refractivity contribution in [1.29, 1.82) is 0 Å². The highest BCUT2D eigenvalue weighted by Gasteiger charge is 2.32. The molecule has 0 radical (unpaired) electrons. The van der Waals surface area contributed by atoms with Gasteiger partial charge < -0.3 is 4.74 Å². The molecule has 1 aromatic rings. The maximum atomic E-state index is 5.58. The molecule has 3 heteroatoms. The molecule has 15 heavy (non-hydrogen) atoms. The minimum absolute atomic E-state index is 0.0924. The summed E-state index contributed by atoms with van der Waals surface area (Å²) in [4.78, 5) is 5.58. The third-order valence-corrected chi connectivity index (χ3v) is 2.68. The van der Waals surface area contributed by atoms with E-state index in [1.165, 1.54) is 5.56 Å². The number of hydrogen-bond donors (Lipinski definition) is 0. The molecule has 0 bridgehead atoms. The predicted octanol–water partition coefficient (Wildman–Crippen LogP) is 2.36. The highest BCUT2D eigenvalue weighted by molar-refractivity contribution is 5.19. The first kappa shape index (κ1) is 10.6. The lowest BCUT2D eigenvalue weighted by atomic mass is 10.0. The fourth-order valence-corrected chi connectivity index (χ4v) is 1.94. The second-order valence-electron chi connectivity index (χ2n) is 3.70. The van der Waals surface area contributed by atoms with Crippen molar-refractivity contribution in [2.75, 3.05) is 13.7 Å². The quantitative estimate of drug-likeness (QED) is 0.759. The van der Waals surface area contributed by atoms with Gasteiger partial charge in [0.15, 0.2) is 6.29 Å². The first-order chi connectivity index (χ1) is 7.31. The van der Waals surface area contributed by atoms with E-state index in [1.807, 2.05) is 25.1 Å². The van der Waals surface area contributed by atoms with Gasteiger partial charge in [0.05, 0.1) is 6.04 Å². The van der Waals surface area contributed by atoms with Gasteiger partial charge in [-0.05, 0) is 12.5 Å². The molecule has 0 saturated carbocycles. The number of nitrogens with zero attached hydrogens (tertiary/aromatic N) is 1. The number of benzene rings is 1. The van der Waals surface area contributed by atoms with Crippen LogP contribution in [-0.2, 0) is 9.57 Å². The van der Waals surface area contributed by atoms with Gasteiger partial charge in [0.1, 0.15) is 0 Å². The minimum atomic E-state index is -0.0924. The van der Waals surface area contributed by atoms with Crippen LogP contribution < -0.4 is 0 Å². The van der Waals surface area contributed by atoms with Gasteiger partial charge in [-0.2, -0.15) is 5.06 Å². The van der Waals surface area contributed by atoms with Crippen LogP contribution in [0.4, 0.5) is 0 Å². The van der Waals surface area contributed by atoms with Gasteiger partial charge in [-0.3, -0.25) is 4.84 Å². The van der Waals surface area contributed by atoms with Crippen LogP contribution in [0.25, 0.3) is 0 Å². The van der Waals surface area contributed by atoms with Gasteiger partial charge in [-0.1, -0.05) is 30.3 Å². The van der Waals surface area contributed by atoms with Gasteiger partial charge in [0.25, 0.3) is 0 Å². The Morgan fingerprint density at radius 2 is 2.13 bits per heavy atom. The zero-order chi connectivity index (χ0) is 10.7. The first-order valence-corrected chi connectivity index (χ1v) is 5.37. The van der Waals surface area contributed by atoms with E-state index in [1.54, 1.807) is 0 Å². The fourth-order valence-electron chi connectivity index (χ4n) is 1.94. The largest absolute Gasteiger partial charge is 0.351 e. The van der Waals surface area contributed by atoms with Crippen LogP contribution >= 0.6 is 0 Å². The molecule has 1 saturated heterocycles. The first-order valence-electron chi connectivity index (χ1n) is 5.37. The molecular formula is C12H17NO2. The van der Waals surface area contributed by atoms with E-state index >= 15 is 0 Å². The maximum absolute atomic E-state index is 5.58. The molecule has 0 aliphatic carbocycles. The summed E-state index contributed by atoms with van der Waals surface area (Å²) in [7, 11) is 1.96. The molecule has 82 valence electrons. The van der Waals surface area contributed by atoms with Crippen molar-refractivity contribution in [2.45, 2.75) is 25.7 Å².